The maximum atomic E-state index is 12.6. The fourth-order valence-corrected chi connectivity index (χ4v) is 4.76. The number of carbonyl (C=O) groups excluding carboxylic acids is 2. The van der Waals surface area contributed by atoms with Crippen LogP contribution in [0.3, 0.4) is 0 Å². The lowest BCUT2D eigenvalue weighted by Gasteiger charge is -2.25. The molecule has 1 atom stereocenters. The van der Waals surface area contributed by atoms with Crippen LogP contribution in [0.5, 0.6) is 0 Å². The van der Waals surface area contributed by atoms with Crippen molar-refractivity contribution in [2.24, 2.45) is 0 Å². The summed E-state index contributed by atoms with van der Waals surface area (Å²) in [7, 11) is 0. The summed E-state index contributed by atoms with van der Waals surface area (Å²) in [5, 5.41) is 11.3. The van der Waals surface area contributed by atoms with Crippen molar-refractivity contribution in [2.45, 2.75) is 30.7 Å². The number of carbonyl (C=O) groups is 2. The van der Waals surface area contributed by atoms with Gasteiger partial charge in [0.2, 0.25) is 5.13 Å². The number of ether oxygens (including phenoxy) is 1. The molecular formula is C21H19N3O3S2. The molecule has 0 bridgehead atoms. The summed E-state index contributed by atoms with van der Waals surface area (Å²) < 4.78 is 6.42. The first-order valence-corrected chi connectivity index (χ1v) is 11.0. The van der Waals surface area contributed by atoms with Gasteiger partial charge in [-0.3, -0.25) is 10.1 Å². The molecule has 4 rings (SSSR count). The molecule has 0 saturated heterocycles. The van der Waals surface area contributed by atoms with Crippen molar-refractivity contribution in [3.05, 3.63) is 70.3 Å². The number of aromatic nitrogens is 2. The van der Waals surface area contributed by atoms with Crippen LogP contribution in [-0.2, 0) is 11.2 Å². The van der Waals surface area contributed by atoms with Gasteiger partial charge < -0.3 is 4.74 Å². The van der Waals surface area contributed by atoms with Crippen molar-refractivity contribution in [1.29, 1.82) is 0 Å². The number of anilines is 1. The first-order chi connectivity index (χ1) is 14.0. The smallest absolute Gasteiger partial charge is 0.339 e. The molecule has 0 radical (unpaired) electrons. The van der Waals surface area contributed by atoms with E-state index < -0.39 is 0 Å². The van der Waals surface area contributed by atoms with E-state index in [4.69, 9.17) is 4.74 Å². The number of esters is 1. The maximum absolute atomic E-state index is 12.6. The lowest BCUT2D eigenvalue weighted by atomic mass is 9.93. The van der Waals surface area contributed by atoms with Crippen LogP contribution in [0.25, 0.3) is 0 Å². The zero-order valence-corrected chi connectivity index (χ0v) is 17.6. The molecule has 8 heteroatoms. The number of benzene rings is 2. The number of hydrogen-bond donors (Lipinski definition) is 1. The van der Waals surface area contributed by atoms with Crippen molar-refractivity contribution >= 4 is 40.1 Å². The molecule has 0 saturated carbocycles. The molecule has 0 fully saturated rings. The van der Waals surface area contributed by atoms with Gasteiger partial charge in [0.15, 0.2) is 4.34 Å². The van der Waals surface area contributed by atoms with Crippen LogP contribution in [0.2, 0.25) is 0 Å². The highest BCUT2D eigenvalue weighted by molar-refractivity contribution is 8.01. The Morgan fingerprint density at radius 1 is 1.24 bits per heavy atom. The normalized spacial score (nSPS) is 15.5. The predicted molar refractivity (Wildman–Crippen MR) is 114 cm³/mol. The largest absolute Gasteiger partial charge is 0.454 e. The third-order valence-corrected chi connectivity index (χ3v) is 6.44. The topological polar surface area (TPSA) is 81.2 Å². The standard InChI is InChI=1S/C21H19N3O3S2/c1-3-28-21-24-23-20(29-21)22-18(25)14-8-9-16-15(10-14)11-17(27-19(16)26)13-6-4-12(2)5-7-13/h4-10,17H,3,11H2,1-2H3,(H,22,23,25). The fraction of sp³-hybridized carbons (Fsp3) is 0.238. The van der Waals surface area contributed by atoms with Gasteiger partial charge in [0, 0.05) is 12.0 Å². The van der Waals surface area contributed by atoms with Crippen LogP contribution >= 0.6 is 23.1 Å². The summed E-state index contributed by atoms with van der Waals surface area (Å²) in [5.41, 5.74) is 3.87. The number of hydrogen-bond acceptors (Lipinski definition) is 7. The summed E-state index contributed by atoms with van der Waals surface area (Å²) in [6, 6.07) is 13.0. The van der Waals surface area contributed by atoms with Gasteiger partial charge in [-0.2, -0.15) is 0 Å². The average Bonchev–Trinajstić information content (AvgIpc) is 3.15. The van der Waals surface area contributed by atoms with Gasteiger partial charge in [-0.25, -0.2) is 4.79 Å². The fourth-order valence-electron chi connectivity index (χ4n) is 3.12. The molecule has 1 aromatic heterocycles. The van der Waals surface area contributed by atoms with Crippen molar-refractivity contribution < 1.29 is 14.3 Å². The van der Waals surface area contributed by atoms with Crippen molar-refractivity contribution in [1.82, 2.24) is 10.2 Å². The Kier molecular flexibility index (Phi) is 5.64. The third kappa shape index (κ3) is 4.33. The zero-order valence-electron chi connectivity index (χ0n) is 16.0. The van der Waals surface area contributed by atoms with Crippen LogP contribution < -0.4 is 5.32 Å². The summed E-state index contributed by atoms with van der Waals surface area (Å²) in [6.45, 7) is 4.05. The number of aryl methyl sites for hydroxylation is 1. The minimum Gasteiger partial charge on any atom is -0.454 e. The highest BCUT2D eigenvalue weighted by Gasteiger charge is 2.28. The molecule has 2 aromatic carbocycles. The molecule has 0 spiro atoms. The minimum absolute atomic E-state index is 0.275. The molecule has 3 aromatic rings. The molecule has 29 heavy (non-hydrogen) atoms. The number of amides is 1. The molecule has 1 aliphatic rings. The van der Waals surface area contributed by atoms with Gasteiger partial charge in [-0.1, -0.05) is 59.9 Å². The quantitative estimate of drug-likeness (QED) is 0.364. The predicted octanol–water partition coefficient (Wildman–Crippen LogP) is 4.67. The Bertz CT molecular complexity index is 1060. The molecule has 148 valence electrons. The van der Waals surface area contributed by atoms with E-state index in [0.29, 0.717) is 22.7 Å². The van der Waals surface area contributed by atoms with Gasteiger partial charge in [-0.15, -0.1) is 10.2 Å². The number of fused-ring (bicyclic) bond motifs is 1. The lowest BCUT2D eigenvalue weighted by Crippen LogP contribution is -2.23. The summed E-state index contributed by atoms with van der Waals surface area (Å²) in [5.74, 6) is 0.253. The maximum Gasteiger partial charge on any atom is 0.339 e. The van der Waals surface area contributed by atoms with E-state index in [1.165, 1.54) is 11.3 Å². The Morgan fingerprint density at radius 3 is 2.79 bits per heavy atom. The van der Waals surface area contributed by atoms with Crippen molar-refractivity contribution in [2.75, 3.05) is 11.1 Å². The lowest BCUT2D eigenvalue weighted by molar-refractivity contribution is 0.0252. The Hall–Kier alpha value is -2.71. The number of cyclic esters (lactones) is 1. The average molecular weight is 426 g/mol. The molecule has 6 nitrogen and oxygen atoms in total. The van der Waals surface area contributed by atoms with Gasteiger partial charge in [0.1, 0.15) is 6.10 Å². The van der Waals surface area contributed by atoms with Crippen LogP contribution in [0.15, 0.2) is 46.8 Å². The van der Waals surface area contributed by atoms with Crippen molar-refractivity contribution in [3.8, 4) is 0 Å². The van der Waals surface area contributed by atoms with Gasteiger partial charge in [-0.05, 0) is 42.0 Å². The molecule has 1 amide bonds. The first-order valence-electron chi connectivity index (χ1n) is 9.21. The number of nitrogens with zero attached hydrogens (tertiary/aromatic N) is 2. The summed E-state index contributed by atoms with van der Waals surface area (Å²) in [4.78, 5) is 25.1. The number of rotatable bonds is 5. The van der Waals surface area contributed by atoms with Crippen molar-refractivity contribution in [3.63, 3.8) is 0 Å². The SMILES string of the molecule is CCSc1nnc(NC(=O)c2ccc3c(c2)CC(c2ccc(C)cc2)OC3=O)s1. The van der Waals surface area contributed by atoms with Crippen LogP contribution in [0.4, 0.5) is 5.13 Å². The Morgan fingerprint density at radius 2 is 2.03 bits per heavy atom. The first kappa shape index (κ1) is 19.6. The summed E-state index contributed by atoms with van der Waals surface area (Å²) in [6.07, 6.45) is 0.173. The molecule has 0 aliphatic carbocycles. The van der Waals surface area contributed by atoms with Crippen LogP contribution in [-0.4, -0.2) is 27.8 Å². The van der Waals surface area contributed by atoms with E-state index in [0.717, 1.165) is 26.8 Å². The second-order valence-corrected chi connectivity index (χ2v) is 9.13. The Labute approximate surface area is 176 Å². The van der Waals surface area contributed by atoms with Gasteiger partial charge >= 0.3 is 5.97 Å². The molecule has 1 N–H and O–H groups in total. The highest BCUT2D eigenvalue weighted by Crippen LogP contribution is 2.31. The molecule has 1 aliphatic heterocycles. The molecule has 2 heterocycles. The number of nitrogens with one attached hydrogen (secondary N) is 1. The van der Waals surface area contributed by atoms with E-state index >= 15 is 0 Å². The van der Waals surface area contributed by atoms with E-state index in [-0.39, 0.29) is 18.0 Å². The van der Waals surface area contributed by atoms with Crippen LogP contribution in [0.1, 0.15) is 50.4 Å². The van der Waals surface area contributed by atoms with E-state index in [2.05, 4.69) is 15.5 Å². The monoisotopic (exact) mass is 425 g/mol. The molecule has 1 unspecified atom stereocenters. The summed E-state index contributed by atoms with van der Waals surface area (Å²) >= 11 is 2.92. The molecular weight excluding hydrogens is 406 g/mol. The van der Waals surface area contributed by atoms with Crippen LogP contribution in [0, 0.1) is 6.92 Å². The van der Waals surface area contributed by atoms with Gasteiger partial charge in [0.25, 0.3) is 5.91 Å². The second-order valence-electron chi connectivity index (χ2n) is 6.64. The van der Waals surface area contributed by atoms with E-state index in [9.17, 15) is 9.59 Å². The number of thioether (sulfide) groups is 1. The van der Waals surface area contributed by atoms with E-state index in [1.807, 2.05) is 38.1 Å². The zero-order chi connectivity index (χ0) is 20.4. The third-order valence-electron chi connectivity index (χ3n) is 4.59. The highest BCUT2D eigenvalue weighted by atomic mass is 32.2. The van der Waals surface area contributed by atoms with E-state index in [1.54, 1.807) is 30.0 Å². The minimum atomic E-state index is -0.367. The Balaban J connectivity index is 1.54. The second kappa shape index (κ2) is 8.34. The van der Waals surface area contributed by atoms with Gasteiger partial charge in [0.05, 0.1) is 5.56 Å².